The molecule has 0 atom stereocenters. The van der Waals surface area contributed by atoms with E-state index in [1.807, 2.05) is 6.92 Å². The van der Waals surface area contributed by atoms with Gasteiger partial charge in [0.2, 0.25) is 0 Å². The van der Waals surface area contributed by atoms with E-state index in [0.29, 0.717) is 21.9 Å². The SMILES string of the molecule is CCCC(=O)c1ccc(-c2cc(Cl)ccc2F)s1. The van der Waals surface area contributed by atoms with Gasteiger partial charge in [-0.15, -0.1) is 11.3 Å². The predicted octanol–water partition coefficient (Wildman–Crippen LogP) is 5.19. The van der Waals surface area contributed by atoms with Crippen LogP contribution in [0, 0.1) is 5.82 Å². The van der Waals surface area contributed by atoms with Crippen molar-refractivity contribution in [2.24, 2.45) is 0 Å². The second kappa shape index (κ2) is 5.63. The summed E-state index contributed by atoms with van der Waals surface area (Å²) in [5, 5.41) is 0.487. The van der Waals surface area contributed by atoms with Gasteiger partial charge in [0.15, 0.2) is 5.78 Å². The molecule has 18 heavy (non-hydrogen) atoms. The lowest BCUT2D eigenvalue weighted by Crippen LogP contribution is -1.93. The Bertz CT molecular complexity index is 577. The Balaban J connectivity index is 2.35. The quantitative estimate of drug-likeness (QED) is 0.705. The van der Waals surface area contributed by atoms with Crippen LogP contribution >= 0.6 is 22.9 Å². The summed E-state index contributed by atoms with van der Waals surface area (Å²) in [6, 6.07) is 7.94. The molecule has 0 fully saturated rings. The van der Waals surface area contributed by atoms with Crippen LogP contribution in [0.3, 0.4) is 0 Å². The maximum absolute atomic E-state index is 13.7. The Morgan fingerprint density at radius 2 is 2.11 bits per heavy atom. The van der Waals surface area contributed by atoms with Gasteiger partial charge in [-0.25, -0.2) is 4.39 Å². The highest BCUT2D eigenvalue weighted by Crippen LogP contribution is 2.32. The lowest BCUT2D eigenvalue weighted by Gasteiger charge is -2.00. The molecule has 94 valence electrons. The molecule has 2 aromatic rings. The Labute approximate surface area is 114 Å². The van der Waals surface area contributed by atoms with Crippen LogP contribution in [0.5, 0.6) is 0 Å². The normalized spacial score (nSPS) is 10.6. The molecule has 1 aromatic carbocycles. The Hall–Kier alpha value is -1.19. The first-order valence-electron chi connectivity index (χ1n) is 5.70. The van der Waals surface area contributed by atoms with Crippen molar-refractivity contribution >= 4 is 28.7 Å². The zero-order valence-corrected chi connectivity index (χ0v) is 11.4. The first-order valence-corrected chi connectivity index (χ1v) is 6.89. The second-order valence-corrected chi connectivity index (χ2v) is 5.48. The summed E-state index contributed by atoms with van der Waals surface area (Å²) in [5.74, 6) is -0.216. The van der Waals surface area contributed by atoms with Crippen molar-refractivity contribution in [3.63, 3.8) is 0 Å². The average molecular weight is 283 g/mol. The smallest absolute Gasteiger partial charge is 0.172 e. The van der Waals surface area contributed by atoms with Gasteiger partial charge in [0, 0.05) is 21.9 Å². The Morgan fingerprint density at radius 1 is 1.33 bits per heavy atom. The van der Waals surface area contributed by atoms with Gasteiger partial charge in [-0.1, -0.05) is 18.5 Å². The summed E-state index contributed by atoms with van der Waals surface area (Å²) < 4.78 is 13.7. The predicted molar refractivity (Wildman–Crippen MR) is 74.0 cm³/mol. The van der Waals surface area contributed by atoms with Gasteiger partial charge in [0.05, 0.1) is 4.88 Å². The van der Waals surface area contributed by atoms with Gasteiger partial charge in [-0.2, -0.15) is 0 Å². The largest absolute Gasteiger partial charge is 0.293 e. The molecule has 0 aliphatic carbocycles. The van der Waals surface area contributed by atoms with Crippen molar-refractivity contribution < 1.29 is 9.18 Å². The molecule has 0 saturated carbocycles. The molecule has 0 amide bonds. The molecule has 0 saturated heterocycles. The van der Waals surface area contributed by atoms with Crippen molar-refractivity contribution in [3.8, 4) is 10.4 Å². The first kappa shape index (κ1) is 13.2. The summed E-state index contributed by atoms with van der Waals surface area (Å²) in [4.78, 5) is 13.1. The molecule has 1 nitrogen and oxygen atoms in total. The molecule has 1 aromatic heterocycles. The minimum Gasteiger partial charge on any atom is -0.293 e. The second-order valence-electron chi connectivity index (χ2n) is 3.96. The third-order valence-electron chi connectivity index (χ3n) is 2.55. The number of Topliss-reactive ketones (excluding diaryl/α,β-unsaturated/α-hetero) is 1. The molecule has 0 unspecified atom stereocenters. The van der Waals surface area contributed by atoms with Crippen LogP contribution in [0.25, 0.3) is 10.4 Å². The summed E-state index contributed by atoms with van der Waals surface area (Å²) in [6.45, 7) is 1.96. The van der Waals surface area contributed by atoms with E-state index in [4.69, 9.17) is 11.6 Å². The third-order valence-corrected chi connectivity index (χ3v) is 3.95. The topological polar surface area (TPSA) is 17.1 Å². The Morgan fingerprint density at radius 3 is 2.83 bits per heavy atom. The fraction of sp³-hybridized carbons (Fsp3) is 0.214. The Kier molecular flexibility index (Phi) is 4.15. The van der Waals surface area contributed by atoms with Crippen molar-refractivity contribution in [1.29, 1.82) is 0 Å². The molecule has 2 rings (SSSR count). The number of benzene rings is 1. The molecule has 1 heterocycles. The zero-order valence-electron chi connectivity index (χ0n) is 9.87. The minimum atomic E-state index is -0.323. The van der Waals surface area contributed by atoms with Gasteiger partial charge in [0.25, 0.3) is 0 Å². The average Bonchev–Trinajstić information content (AvgIpc) is 2.82. The molecule has 0 spiro atoms. The molecule has 0 aliphatic rings. The molecule has 4 heteroatoms. The van der Waals surface area contributed by atoms with Gasteiger partial charge in [0.1, 0.15) is 5.82 Å². The molecule has 0 aliphatic heterocycles. The highest BCUT2D eigenvalue weighted by Gasteiger charge is 2.12. The first-order chi connectivity index (χ1) is 8.61. The molecule has 0 bridgehead atoms. The molecular formula is C14H12ClFOS. The van der Waals surface area contributed by atoms with E-state index in [0.717, 1.165) is 11.3 Å². The number of thiophene rings is 1. The van der Waals surface area contributed by atoms with E-state index < -0.39 is 0 Å². The molecule has 0 radical (unpaired) electrons. The molecular weight excluding hydrogens is 271 g/mol. The van der Waals surface area contributed by atoms with E-state index in [2.05, 4.69) is 0 Å². The van der Waals surface area contributed by atoms with E-state index in [1.54, 1.807) is 18.2 Å². The van der Waals surface area contributed by atoms with Crippen molar-refractivity contribution in [3.05, 3.63) is 46.0 Å². The number of hydrogen-bond acceptors (Lipinski definition) is 2. The van der Waals surface area contributed by atoms with Crippen LogP contribution < -0.4 is 0 Å². The fourth-order valence-corrected chi connectivity index (χ4v) is 2.83. The number of carbonyl (C=O) groups is 1. The van der Waals surface area contributed by atoms with Crippen molar-refractivity contribution in [1.82, 2.24) is 0 Å². The number of halogens is 2. The number of carbonyl (C=O) groups excluding carboxylic acids is 1. The zero-order chi connectivity index (χ0) is 13.1. The van der Waals surface area contributed by atoms with Crippen molar-refractivity contribution in [2.75, 3.05) is 0 Å². The van der Waals surface area contributed by atoms with Crippen LogP contribution in [0.15, 0.2) is 30.3 Å². The standard InChI is InChI=1S/C14H12ClFOS/c1-2-3-12(17)14-7-6-13(18-14)10-8-9(15)4-5-11(10)16/h4-8H,2-3H2,1H3. The van der Waals surface area contributed by atoms with E-state index in [9.17, 15) is 9.18 Å². The molecule has 0 N–H and O–H groups in total. The van der Waals surface area contributed by atoms with Crippen LogP contribution in [0.4, 0.5) is 4.39 Å². The lowest BCUT2D eigenvalue weighted by molar-refractivity contribution is 0.0985. The van der Waals surface area contributed by atoms with Gasteiger partial charge in [-0.05, 0) is 36.8 Å². The summed E-state index contributed by atoms with van der Waals surface area (Å²) in [6.07, 6.45) is 1.34. The minimum absolute atomic E-state index is 0.108. The number of rotatable bonds is 4. The van der Waals surface area contributed by atoms with Crippen LogP contribution in [-0.2, 0) is 0 Å². The van der Waals surface area contributed by atoms with Gasteiger partial charge >= 0.3 is 0 Å². The number of hydrogen-bond donors (Lipinski definition) is 0. The fourth-order valence-electron chi connectivity index (χ4n) is 1.67. The van der Waals surface area contributed by atoms with Crippen LogP contribution in [0.1, 0.15) is 29.4 Å². The van der Waals surface area contributed by atoms with Crippen LogP contribution in [0.2, 0.25) is 5.02 Å². The monoisotopic (exact) mass is 282 g/mol. The number of ketones is 1. The lowest BCUT2D eigenvalue weighted by atomic mass is 10.1. The van der Waals surface area contributed by atoms with E-state index in [-0.39, 0.29) is 11.6 Å². The summed E-state index contributed by atoms with van der Waals surface area (Å²) in [5.41, 5.74) is 0.447. The summed E-state index contributed by atoms with van der Waals surface area (Å²) >= 11 is 7.17. The maximum atomic E-state index is 13.7. The summed E-state index contributed by atoms with van der Waals surface area (Å²) in [7, 11) is 0. The van der Waals surface area contributed by atoms with Gasteiger partial charge < -0.3 is 0 Å². The van der Waals surface area contributed by atoms with Gasteiger partial charge in [-0.3, -0.25) is 4.79 Å². The highest BCUT2D eigenvalue weighted by molar-refractivity contribution is 7.17. The highest BCUT2D eigenvalue weighted by atomic mass is 35.5. The van der Waals surface area contributed by atoms with Crippen molar-refractivity contribution in [2.45, 2.75) is 19.8 Å². The van der Waals surface area contributed by atoms with Crippen LogP contribution in [-0.4, -0.2) is 5.78 Å². The van der Waals surface area contributed by atoms with E-state index >= 15 is 0 Å². The van der Waals surface area contributed by atoms with E-state index in [1.165, 1.54) is 23.5 Å². The maximum Gasteiger partial charge on any atom is 0.172 e. The third kappa shape index (κ3) is 2.79.